The Morgan fingerprint density at radius 3 is 2.75 bits per heavy atom. The molecule has 1 unspecified atom stereocenters. The van der Waals surface area contributed by atoms with Gasteiger partial charge in [0.15, 0.2) is 0 Å². The van der Waals surface area contributed by atoms with Crippen molar-refractivity contribution in [1.82, 2.24) is 5.32 Å². The lowest BCUT2D eigenvalue weighted by Gasteiger charge is -2.09. The van der Waals surface area contributed by atoms with Gasteiger partial charge < -0.3 is 14.5 Å². The summed E-state index contributed by atoms with van der Waals surface area (Å²) in [6.07, 6.45) is 2.73. The Labute approximate surface area is 119 Å². The Balaban J connectivity index is 1.55. The number of benzene rings is 1. The summed E-state index contributed by atoms with van der Waals surface area (Å²) in [7, 11) is 0. The monoisotopic (exact) mass is 271 g/mol. The summed E-state index contributed by atoms with van der Waals surface area (Å²) >= 11 is 0. The molecule has 0 saturated carbocycles. The summed E-state index contributed by atoms with van der Waals surface area (Å²) in [4.78, 5) is 0. The topological polar surface area (TPSA) is 34.4 Å². The van der Waals surface area contributed by atoms with Gasteiger partial charge in [0.2, 0.25) is 0 Å². The summed E-state index contributed by atoms with van der Waals surface area (Å²) in [5.41, 5.74) is 2.39. The Hall–Kier alpha value is -1.58. The van der Waals surface area contributed by atoms with Crippen molar-refractivity contribution in [1.29, 1.82) is 0 Å². The van der Waals surface area contributed by atoms with E-state index in [-0.39, 0.29) is 0 Å². The zero-order valence-corrected chi connectivity index (χ0v) is 11.9. The predicted molar refractivity (Wildman–Crippen MR) is 79.6 cm³/mol. The first-order chi connectivity index (χ1) is 9.81. The first kappa shape index (κ1) is 13.4. The van der Waals surface area contributed by atoms with Gasteiger partial charge in [-0.1, -0.05) is 29.8 Å². The lowest BCUT2D eigenvalue weighted by atomic mass is 10.1. The fraction of sp³-hybridized carbons (Fsp3) is 0.412. The van der Waals surface area contributed by atoms with Gasteiger partial charge in [0.25, 0.3) is 0 Å². The van der Waals surface area contributed by atoms with Crippen molar-refractivity contribution in [3.8, 4) is 11.3 Å². The first-order valence-corrected chi connectivity index (χ1v) is 7.29. The minimum atomic E-state index is 0.376. The maximum absolute atomic E-state index is 5.87. The van der Waals surface area contributed by atoms with Crippen LogP contribution in [0.1, 0.15) is 24.2 Å². The van der Waals surface area contributed by atoms with Crippen LogP contribution in [-0.4, -0.2) is 19.3 Å². The lowest BCUT2D eigenvalue weighted by molar-refractivity contribution is 0.109. The molecular formula is C17H21NO2. The van der Waals surface area contributed by atoms with Crippen LogP contribution in [0.25, 0.3) is 11.3 Å². The molecule has 1 N–H and O–H groups in total. The van der Waals surface area contributed by atoms with Crippen molar-refractivity contribution in [3.05, 3.63) is 47.7 Å². The van der Waals surface area contributed by atoms with E-state index in [1.807, 2.05) is 12.1 Å². The standard InChI is InChI=1S/C17H21NO2/c1-13-4-6-14(7-5-13)17-9-8-16(20-17)12-18-11-15-3-2-10-19-15/h4-9,15,18H,2-3,10-12H2,1H3. The summed E-state index contributed by atoms with van der Waals surface area (Å²) in [6, 6.07) is 12.5. The Morgan fingerprint density at radius 2 is 2.00 bits per heavy atom. The molecule has 3 heteroatoms. The SMILES string of the molecule is Cc1ccc(-c2ccc(CNCC3CCCO3)o2)cc1. The average molecular weight is 271 g/mol. The van der Waals surface area contributed by atoms with Crippen molar-refractivity contribution < 1.29 is 9.15 Å². The van der Waals surface area contributed by atoms with E-state index in [2.05, 4.69) is 36.5 Å². The summed E-state index contributed by atoms with van der Waals surface area (Å²) in [6.45, 7) is 4.66. The highest BCUT2D eigenvalue weighted by Gasteiger charge is 2.14. The minimum absolute atomic E-state index is 0.376. The molecule has 1 fully saturated rings. The third-order valence-corrected chi connectivity index (χ3v) is 3.69. The van der Waals surface area contributed by atoms with E-state index in [1.54, 1.807) is 0 Å². The summed E-state index contributed by atoms with van der Waals surface area (Å²) in [5.74, 6) is 1.90. The van der Waals surface area contributed by atoms with Crippen molar-refractivity contribution in [2.24, 2.45) is 0 Å². The fourth-order valence-electron chi connectivity index (χ4n) is 2.51. The molecule has 2 aromatic rings. The molecule has 0 amide bonds. The van der Waals surface area contributed by atoms with E-state index in [0.717, 1.165) is 36.8 Å². The van der Waals surface area contributed by atoms with Crippen molar-refractivity contribution in [3.63, 3.8) is 0 Å². The van der Waals surface area contributed by atoms with Crippen LogP contribution < -0.4 is 5.32 Å². The average Bonchev–Trinajstić information content (AvgIpc) is 3.11. The molecular weight excluding hydrogens is 250 g/mol. The Bertz CT molecular complexity index is 538. The Morgan fingerprint density at radius 1 is 1.15 bits per heavy atom. The van der Waals surface area contributed by atoms with Gasteiger partial charge in [-0.05, 0) is 31.9 Å². The number of furan rings is 1. The van der Waals surface area contributed by atoms with Gasteiger partial charge in [-0.25, -0.2) is 0 Å². The van der Waals surface area contributed by atoms with Crippen LogP contribution in [0, 0.1) is 6.92 Å². The molecule has 0 radical (unpaired) electrons. The highest BCUT2D eigenvalue weighted by molar-refractivity contribution is 5.57. The summed E-state index contributed by atoms with van der Waals surface area (Å²) < 4.78 is 11.5. The quantitative estimate of drug-likeness (QED) is 0.903. The molecule has 1 aromatic heterocycles. The maximum Gasteiger partial charge on any atom is 0.134 e. The van der Waals surface area contributed by atoms with Crippen molar-refractivity contribution in [2.75, 3.05) is 13.2 Å². The van der Waals surface area contributed by atoms with Gasteiger partial charge >= 0.3 is 0 Å². The largest absolute Gasteiger partial charge is 0.460 e. The molecule has 1 atom stereocenters. The van der Waals surface area contributed by atoms with Crippen molar-refractivity contribution >= 4 is 0 Å². The molecule has 0 bridgehead atoms. The van der Waals surface area contributed by atoms with Crippen molar-refractivity contribution in [2.45, 2.75) is 32.4 Å². The lowest BCUT2D eigenvalue weighted by Crippen LogP contribution is -2.25. The third kappa shape index (κ3) is 3.30. The molecule has 106 valence electrons. The Kier molecular flexibility index (Phi) is 4.19. The second kappa shape index (κ2) is 6.25. The van der Waals surface area contributed by atoms with E-state index in [1.165, 1.54) is 18.4 Å². The normalized spacial score (nSPS) is 18.6. The fourth-order valence-corrected chi connectivity index (χ4v) is 2.51. The van der Waals surface area contributed by atoms with Crippen LogP contribution in [0.4, 0.5) is 0 Å². The number of rotatable bonds is 5. The van der Waals surface area contributed by atoms with Gasteiger partial charge in [0.05, 0.1) is 12.6 Å². The van der Waals surface area contributed by atoms with E-state index < -0.39 is 0 Å². The number of nitrogens with one attached hydrogen (secondary N) is 1. The zero-order chi connectivity index (χ0) is 13.8. The van der Waals surface area contributed by atoms with Crippen LogP contribution in [-0.2, 0) is 11.3 Å². The number of aryl methyl sites for hydroxylation is 1. The third-order valence-electron chi connectivity index (χ3n) is 3.69. The van der Waals surface area contributed by atoms with Crippen LogP contribution in [0.5, 0.6) is 0 Å². The molecule has 0 aliphatic carbocycles. The molecule has 0 spiro atoms. The molecule has 20 heavy (non-hydrogen) atoms. The maximum atomic E-state index is 5.87. The molecule has 3 nitrogen and oxygen atoms in total. The van der Waals surface area contributed by atoms with E-state index in [0.29, 0.717) is 6.10 Å². The molecule has 3 rings (SSSR count). The van der Waals surface area contributed by atoms with E-state index in [9.17, 15) is 0 Å². The minimum Gasteiger partial charge on any atom is -0.460 e. The van der Waals surface area contributed by atoms with E-state index in [4.69, 9.17) is 9.15 Å². The number of ether oxygens (including phenoxy) is 1. The van der Waals surface area contributed by atoms with Gasteiger partial charge in [-0.2, -0.15) is 0 Å². The summed E-state index contributed by atoms with van der Waals surface area (Å²) in [5, 5.41) is 3.40. The van der Waals surface area contributed by atoms with Gasteiger partial charge in [-0.15, -0.1) is 0 Å². The highest BCUT2D eigenvalue weighted by atomic mass is 16.5. The molecule has 1 aliphatic rings. The predicted octanol–water partition coefficient (Wildman–Crippen LogP) is 3.52. The molecule has 1 aliphatic heterocycles. The highest BCUT2D eigenvalue weighted by Crippen LogP contribution is 2.22. The number of hydrogen-bond acceptors (Lipinski definition) is 3. The van der Waals surface area contributed by atoms with Crippen LogP contribution in [0.3, 0.4) is 0 Å². The zero-order valence-electron chi connectivity index (χ0n) is 11.9. The van der Waals surface area contributed by atoms with Gasteiger partial charge in [0, 0.05) is 18.7 Å². The van der Waals surface area contributed by atoms with Crippen LogP contribution in [0.15, 0.2) is 40.8 Å². The molecule has 1 saturated heterocycles. The van der Waals surface area contributed by atoms with Crippen LogP contribution in [0.2, 0.25) is 0 Å². The smallest absolute Gasteiger partial charge is 0.134 e. The second-order valence-electron chi connectivity index (χ2n) is 5.40. The van der Waals surface area contributed by atoms with Gasteiger partial charge in [-0.3, -0.25) is 0 Å². The van der Waals surface area contributed by atoms with Gasteiger partial charge in [0.1, 0.15) is 11.5 Å². The molecule has 2 heterocycles. The van der Waals surface area contributed by atoms with Crippen LogP contribution >= 0.6 is 0 Å². The van der Waals surface area contributed by atoms with E-state index >= 15 is 0 Å². The number of hydrogen-bond donors (Lipinski definition) is 1. The first-order valence-electron chi connectivity index (χ1n) is 7.29. The molecule has 1 aromatic carbocycles. The second-order valence-corrected chi connectivity index (χ2v) is 5.40.